The summed E-state index contributed by atoms with van der Waals surface area (Å²) in [6, 6.07) is 6.85. The van der Waals surface area contributed by atoms with Crippen molar-refractivity contribution in [1.82, 2.24) is 14.1 Å². The third kappa shape index (κ3) is 5.22. The van der Waals surface area contributed by atoms with Crippen LogP contribution in [0.4, 0.5) is 0 Å². The minimum Gasteiger partial charge on any atom is -0.377 e. The Morgan fingerprint density at radius 2 is 1.63 bits per heavy atom. The first kappa shape index (κ1) is 21.7. The van der Waals surface area contributed by atoms with Gasteiger partial charge in [0.1, 0.15) is 0 Å². The van der Waals surface area contributed by atoms with E-state index in [9.17, 15) is 13.2 Å². The van der Waals surface area contributed by atoms with Crippen molar-refractivity contribution in [1.29, 1.82) is 0 Å². The molecule has 1 aromatic rings. The number of sulfonamides is 1. The molecule has 1 atom stereocenters. The van der Waals surface area contributed by atoms with Crippen molar-refractivity contribution in [2.45, 2.75) is 49.5 Å². The molecule has 3 aliphatic heterocycles. The second-order valence-electron chi connectivity index (χ2n) is 8.60. The van der Waals surface area contributed by atoms with Gasteiger partial charge in [0.15, 0.2) is 0 Å². The SMILES string of the molecule is O=C(Cc1ccc(S(=O)(=O)N2CCCCC2)cc1)N1CCN(CC2CCCO2)CC1. The summed E-state index contributed by atoms with van der Waals surface area (Å²) in [5.74, 6) is 0.110. The van der Waals surface area contributed by atoms with Gasteiger partial charge in [-0.15, -0.1) is 0 Å². The van der Waals surface area contributed by atoms with Gasteiger partial charge < -0.3 is 9.64 Å². The third-order valence-corrected chi connectivity index (χ3v) is 8.36. The molecule has 1 amide bonds. The summed E-state index contributed by atoms with van der Waals surface area (Å²) in [6.45, 7) is 6.30. The molecule has 3 saturated heterocycles. The molecule has 3 fully saturated rings. The van der Waals surface area contributed by atoms with E-state index in [1.54, 1.807) is 28.6 Å². The maximum atomic E-state index is 12.8. The molecule has 1 unspecified atom stereocenters. The Morgan fingerprint density at radius 3 is 2.27 bits per heavy atom. The van der Waals surface area contributed by atoms with E-state index in [0.717, 1.165) is 77.0 Å². The molecular formula is C22H33N3O4S. The average Bonchev–Trinajstić information content (AvgIpc) is 3.28. The molecule has 1 aromatic carbocycles. The van der Waals surface area contributed by atoms with Gasteiger partial charge in [-0.1, -0.05) is 18.6 Å². The zero-order valence-electron chi connectivity index (χ0n) is 17.7. The molecular weight excluding hydrogens is 402 g/mol. The van der Waals surface area contributed by atoms with E-state index in [2.05, 4.69) is 4.90 Å². The van der Waals surface area contributed by atoms with Gasteiger partial charge in [0.05, 0.1) is 17.4 Å². The third-order valence-electron chi connectivity index (χ3n) is 6.44. The van der Waals surface area contributed by atoms with Crippen LogP contribution in [0.2, 0.25) is 0 Å². The van der Waals surface area contributed by atoms with Crippen LogP contribution >= 0.6 is 0 Å². The Labute approximate surface area is 180 Å². The minimum absolute atomic E-state index is 0.110. The number of hydrogen-bond acceptors (Lipinski definition) is 5. The Bertz CT molecular complexity index is 807. The lowest BCUT2D eigenvalue weighted by Gasteiger charge is -2.35. The van der Waals surface area contributed by atoms with Crippen molar-refractivity contribution in [2.75, 3.05) is 52.4 Å². The molecule has 0 bridgehead atoms. The first-order valence-corrected chi connectivity index (χ1v) is 12.7. The molecule has 3 aliphatic rings. The number of carbonyl (C=O) groups excluding carboxylic acids is 1. The Hall–Kier alpha value is -1.48. The lowest BCUT2D eigenvalue weighted by atomic mass is 10.1. The van der Waals surface area contributed by atoms with Crippen LogP contribution < -0.4 is 0 Å². The van der Waals surface area contributed by atoms with Crippen molar-refractivity contribution in [3.63, 3.8) is 0 Å². The molecule has 0 N–H and O–H groups in total. The monoisotopic (exact) mass is 435 g/mol. The molecule has 3 heterocycles. The molecule has 0 radical (unpaired) electrons. The van der Waals surface area contributed by atoms with Crippen molar-refractivity contribution in [3.05, 3.63) is 29.8 Å². The number of benzene rings is 1. The summed E-state index contributed by atoms with van der Waals surface area (Å²) in [5, 5.41) is 0. The van der Waals surface area contributed by atoms with Gasteiger partial charge in [0.2, 0.25) is 15.9 Å². The number of ether oxygens (including phenoxy) is 1. The van der Waals surface area contributed by atoms with E-state index in [4.69, 9.17) is 4.74 Å². The highest BCUT2D eigenvalue weighted by Crippen LogP contribution is 2.21. The number of hydrogen-bond donors (Lipinski definition) is 0. The largest absolute Gasteiger partial charge is 0.377 e. The van der Waals surface area contributed by atoms with Gasteiger partial charge in [-0.25, -0.2) is 8.42 Å². The lowest BCUT2D eigenvalue weighted by Crippen LogP contribution is -2.50. The summed E-state index contributed by atoms with van der Waals surface area (Å²) >= 11 is 0. The zero-order chi connectivity index (χ0) is 21.0. The van der Waals surface area contributed by atoms with Gasteiger partial charge >= 0.3 is 0 Å². The molecule has 0 aromatic heterocycles. The molecule has 0 aliphatic carbocycles. The van der Waals surface area contributed by atoms with Crippen LogP contribution in [0, 0.1) is 0 Å². The van der Waals surface area contributed by atoms with Crippen molar-refractivity contribution in [2.24, 2.45) is 0 Å². The normalized spacial score (nSPS) is 24.3. The molecule has 4 rings (SSSR count). The summed E-state index contributed by atoms with van der Waals surface area (Å²) in [5.41, 5.74) is 0.861. The van der Waals surface area contributed by atoms with Gasteiger partial charge in [-0.3, -0.25) is 9.69 Å². The van der Waals surface area contributed by atoms with E-state index < -0.39 is 10.0 Å². The van der Waals surface area contributed by atoms with Crippen molar-refractivity contribution < 1.29 is 17.9 Å². The van der Waals surface area contributed by atoms with Crippen LogP contribution in [0.3, 0.4) is 0 Å². The summed E-state index contributed by atoms with van der Waals surface area (Å²) in [6.07, 6.45) is 5.90. The fourth-order valence-electron chi connectivity index (χ4n) is 4.58. The van der Waals surface area contributed by atoms with Gasteiger partial charge in [0.25, 0.3) is 0 Å². The molecule has 166 valence electrons. The van der Waals surface area contributed by atoms with E-state index in [0.29, 0.717) is 30.5 Å². The van der Waals surface area contributed by atoms with Gasteiger partial charge in [-0.2, -0.15) is 4.31 Å². The number of piperazine rings is 1. The highest BCUT2D eigenvalue weighted by atomic mass is 32.2. The summed E-state index contributed by atoms with van der Waals surface area (Å²) < 4.78 is 32.8. The van der Waals surface area contributed by atoms with Crippen LogP contribution in [0.15, 0.2) is 29.2 Å². The zero-order valence-corrected chi connectivity index (χ0v) is 18.5. The minimum atomic E-state index is -3.42. The van der Waals surface area contributed by atoms with Crippen LogP contribution in [-0.2, 0) is 26.0 Å². The van der Waals surface area contributed by atoms with Crippen molar-refractivity contribution >= 4 is 15.9 Å². The lowest BCUT2D eigenvalue weighted by molar-refractivity contribution is -0.132. The Morgan fingerprint density at radius 1 is 0.933 bits per heavy atom. The van der Waals surface area contributed by atoms with E-state index in [1.165, 1.54) is 0 Å². The number of amides is 1. The summed E-state index contributed by atoms with van der Waals surface area (Å²) in [7, 11) is -3.42. The number of nitrogens with zero attached hydrogens (tertiary/aromatic N) is 3. The average molecular weight is 436 g/mol. The Kier molecular flexibility index (Phi) is 7.08. The topological polar surface area (TPSA) is 70.2 Å². The predicted molar refractivity (Wildman–Crippen MR) is 115 cm³/mol. The standard InChI is InChI=1S/C22H33N3O4S/c26-22(24-14-12-23(13-15-24)18-20-5-4-16-29-20)17-19-6-8-21(9-7-19)30(27,28)25-10-2-1-3-11-25/h6-9,20H,1-5,10-18H2. The number of piperidine rings is 1. The van der Waals surface area contributed by atoms with E-state index in [1.807, 2.05) is 4.90 Å². The Balaban J connectivity index is 1.27. The fraction of sp³-hybridized carbons (Fsp3) is 0.682. The first-order chi connectivity index (χ1) is 14.5. The van der Waals surface area contributed by atoms with E-state index >= 15 is 0 Å². The fourth-order valence-corrected chi connectivity index (χ4v) is 6.09. The highest BCUT2D eigenvalue weighted by molar-refractivity contribution is 7.89. The van der Waals surface area contributed by atoms with E-state index in [-0.39, 0.29) is 5.91 Å². The second kappa shape index (κ2) is 9.77. The second-order valence-corrected chi connectivity index (χ2v) is 10.5. The van der Waals surface area contributed by atoms with Crippen LogP contribution in [0.5, 0.6) is 0 Å². The molecule has 30 heavy (non-hydrogen) atoms. The van der Waals surface area contributed by atoms with Crippen LogP contribution in [0.25, 0.3) is 0 Å². The quantitative estimate of drug-likeness (QED) is 0.681. The van der Waals surface area contributed by atoms with Crippen molar-refractivity contribution in [3.8, 4) is 0 Å². The van der Waals surface area contributed by atoms with Crippen LogP contribution in [0.1, 0.15) is 37.7 Å². The number of carbonyl (C=O) groups is 1. The molecule has 0 spiro atoms. The first-order valence-electron chi connectivity index (χ1n) is 11.2. The highest BCUT2D eigenvalue weighted by Gasteiger charge is 2.27. The summed E-state index contributed by atoms with van der Waals surface area (Å²) in [4.78, 5) is 17.3. The maximum Gasteiger partial charge on any atom is 0.243 e. The predicted octanol–water partition coefficient (Wildman–Crippen LogP) is 1.73. The van der Waals surface area contributed by atoms with Gasteiger partial charge in [-0.05, 0) is 43.4 Å². The maximum absolute atomic E-state index is 12.8. The van der Waals surface area contributed by atoms with Gasteiger partial charge in [0, 0.05) is 52.4 Å². The smallest absolute Gasteiger partial charge is 0.243 e. The van der Waals surface area contributed by atoms with Crippen LogP contribution in [-0.4, -0.2) is 87.0 Å². The number of rotatable bonds is 6. The molecule has 8 heteroatoms. The molecule has 0 saturated carbocycles. The molecule has 7 nitrogen and oxygen atoms in total.